The van der Waals surface area contributed by atoms with Crippen molar-refractivity contribution in [3.8, 4) is 0 Å². The van der Waals surface area contributed by atoms with Crippen LogP contribution in [0.4, 0.5) is 0 Å². The normalized spacial score (nSPS) is 10.4. The summed E-state index contributed by atoms with van der Waals surface area (Å²) in [5.74, 6) is 0. The zero-order chi connectivity index (χ0) is 8.97. The average Bonchev–Trinajstić information content (AvgIpc) is 2.43. The van der Waals surface area contributed by atoms with E-state index in [1.165, 1.54) is 0 Å². The molecule has 2 heteroatoms. The molecule has 0 saturated carbocycles. The van der Waals surface area contributed by atoms with E-state index in [1.807, 2.05) is 25.3 Å². The predicted molar refractivity (Wildman–Crippen MR) is 52.6 cm³/mol. The molecule has 0 radical (unpaired) electrons. The lowest BCUT2D eigenvalue weighted by molar-refractivity contribution is 0.926. The van der Waals surface area contributed by atoms with Crippen LogP contribution in [0.3, 0.4) is 0 Å². The first-order valence-corrected chi connectivity index (χ1v) is 3.75. The lowest BCUT2D eigenvalue weighted by Gasteiger charge is -1.95. The molecule has 1 rings (SSSR count). The molecule has 0 aliphatic rings. The Bertz CT molecular complexity index is 319. The van der Waals surface area contributed by atoms with Crippen molar-refractivity contribution in [3.63, 3.8) is 0 Å². The van der Waals surface area contributed by atoms with Crippen LogP contribution in [0.15, 0.2) is 31.5 Å². The molecule has 0 aromatic carbocycles. The SMILES string of the molecule is C=C/C=C\c1c(C)cnn1C=C. The molecular weight excluding hydrogens is 148 g/mol. The summed E-state index contributed by atoms with van der Waals surface area (Å²) in [6.07, 6.45) is 9.06. The van der Waals surface area contributed by atoms with Crippen molar-refractivity contribution < 1.29 is 0 Å². The van der Waals surface area contributed by atoms with Crippen LogP contribution in [-0.2, 0) is 0 Å². The Morgan fingerprint density at radius 2 is 2.25 bits per heavy atom. The highest BCUT2D eigenvalue weighted by atomic mass is 15.3. The summed E-state index contributed by atoms with van der Waals surface area (Å²) in [6, 6.07) is 0. The number of rotatable bonds is 3. The Hall–Kier alpha value is -1.57. The molecule has 0 bridgehead atoms. The van der Waals surface area contributed by atoms with Gasteiger partial charge in [-0.2, -0.15) is 5.10 Å². The zero-order valence-corrected chi connectivity index (χ0v) is 7.20. The molecule has 2 nitrogen and oxygen atoms in total. The number of aromatic nitrogens is 2. The first-order valence-electron chi connectivity index (χ1n) is 3.75. The lowest BCUT2D eigenvalue weighted by Crippen LogP contribution is -1.90. The number of hydrogen-bond donors (Lipinski definition) is 0. The summed E-state index contributed by atoms with van der Waals surface area (Å²) in [5, 5.41) is 4.10. The zero-order valence-electron chi connectivity index (χ0n) is 7.20. The monoisotopic (exact) mass is 160 g/mol. The highest BCUT2D eigenvalue weighted by Crippen LogP contribution is 2.09. The Morgan fingerprint density at radius 1 is 1.50 bits per heavy atom. The predicted octanol–water partition coefficient (Wildman–Crippen LogP) is 2.49. The fourth-order valence-corrected chi connectivity index (χ4v) is 0.970. The third kappa shape index (κ3) is 1.53. The van der Waals surface area contributed by atoms with E-state index in [0.717, 1.165) is 11.3 Å². The third-order valence-electron chi connectivity index (χ3n) is 1.59. The van der Waals surface area contributed by atoms with Crippen LogP contribution < -0.4 is 0 Å². The molecule has 1 aromatic rings. The molecule has 1 heterocycles. The van der Waals surface area contributed by atoms with Crippen molar-refractivity contribution in [2.75, 3.05) is 0 Å². The van der Waals surface area contributed by atoms with E-state index in [4.69, 9.17) is 0 Å². The molecule has 0 N–H and O–H groups in total. The molecule has 12 heavy (non-hydrogen) atoms. The van der Waals surface area contributed by atoms with Gasteiger partial charge in [0.15, 0.2) is 0 Å². The molecule has 0 spiro atoms. The number of allylic oxidation sites excluding steroid dienone is 2. The highest BCUT2D eigenvalue weighted by molar-refractivity contribution is 5.53. The minimum atomic E-state index is 1.05. The van der Waals surface area contributed by atoms with E-state index >= 15 is 0 Å². The first-order chi connectivity index (χ1) is 5.79. The van der Waals surface area contributed by atoms with Crippen molar-refractivity contribution in [2.24, 2.45) is 0 Å². The number of hydrogen-bond acceptors (Lipinski definition) is 1. The van der Waals surface area contributed by atoms with E-state index < -0.39 is 0 Å². The van der Waals surface area contributed by atoms with Gasteiger partial charge in [0.1, 0.15) is 0 Å². The summed E-state index contributed by atoms with van der Waals surface area (Å²) in [4.78, 5) is 0. The Morgan fingerprint density at radius 3 is 2.83 bits per heavy atom. The second kappa shape index (κ2) is 3.72. The number of nitrogens with zero attached hydrogens (tertiary/aromatic N) is 2. The minimum absolute atomic E-state index is 1.05. The fourth-order valence-electron chi connectivity index (χ4n) is 0.970. The van der Waals surface area contributed by atoms with E-state index in [9.17, 15) is 0 Å². The van der Waals surface area contributed by atoms with Crippen molar-refractivity contribution in [1.29, 1.82) is 0 Å². The van der Waals surface area contributed by atoms with Gasteiger partial charge in [0, 0.05) is 6.20 Å². The second-order valence-electron chi connectivity index (χ2n) is 2.43. The van der Waals surface area contributed by atoms with Gasteiger partial charge in [-0.1, -0.05) is 25.3 Å². The summed E-state index contributed by atoms with van der Waals surface area (Å²) in [6.45, 7) is 9.27. The van der Waals surface area contributed by atoms with Crippen molar-refractivity contribution in [1.82, 2.24) is 9.78 Å². The summed E-state index contributed by atoms with van der Waals surface area (Å²) in [7, 11) is 0. The van der Waals surface area contributed by atoms with Crippen molar-refractivity contribution in [3.05, 3.63) is 42.8 Å². The van der Waals surface area contributed by atoms with Gasteiger partial charge in [0.05, 0.1) is 11.9 Å². The van der Waals surface area contributed by atoms with Gasteiger partial charge < -0.3 is 0 Å². The molecule has 0 amide bonds. The Labute approximate surface area is 72.5 Å². The van der Waals surface area contributed by atoms with E-state index in [0.29, 0.717) is 0 Å². The first kappa shape index (κ1) is 8.53. The van der Waals surface area contributed by atoms with Gasteiger partial charge in [0.2, 0.25) is 0 Å². The van der Waals surface area contributed by atoms with Crippen LogP contribution in [-0.4, -0.2) is 9.78 Å². The molecule has 0 atom stereocenters. The standard InChI is InChI=1S/C10H12N2/c1-4-6-7-10-9(3)8-11-12(10)5-2/h4-8H,1-2H2,3H3/b7-6-. The van der Waals surface area contributed by atoms with Crippen LogP contribution in [0, 0.1) is 6.92 Å². The molecule has 0 aliphatic heterocycles. The van der Waals surface area contributed by atoms with Crippen LogP contribution in [0.2, 0.25) is 0 Å². The summed E-state index contributed by atoms with van der Waals surface area (Å²) >= 11 is 0. The fraction of sp³-hybridized carbons (Fsp3) is 0.100. The topological polar surface area (TPSA) is 17.8 Å². The van der Waals surface area contributed by atoms with Gasteiger partial charge in [-0.15, -0.1) is 0 Å². The maximum absolute atomic E-state index is 4.10. The van der Waals surface area contributed by atoms with Crippen molar-refractivity contribution >= 4 is 12.3 Å². The van der Waals surface area contributed by atoms with Gasteiger partial charge in [0.25, 0.3) is 0 Å². The molecule has 0 unspecified atom stereocenters. The maximum Gasteiger partial charge on any atom is 0.0690 e. The van der Waals surface area contributed by atoms with Crippen molar-refractivity contribution in [2.45, 2.75) is 6.92 Å². The average molecular weight is 160 g/mol. The van der Waals surface area contributed by atoms with E-state index in [2.05, 4.69) is 18.3 Å². The maximum atomic E-state index is 4.10. The summed E-state index contributed by atoms with van der Waals surface area (Å²) in [5.41, 5.74) is 2.18. The quantitative estimate of drug-likeness (QED) is 0.621. The molecule has 0 saturated heterocycles. The van der Waals surface area contributed by atoms with Gasteiger partial charge in [-0.25, -0.2) is 4.68 Å². The Kier molecular flexibility index (Phi) is 2.64. The van der Waals surface area contributed by atoms with Crippen LogP contribution in [0.1, 0.15) is 11.3 Å². The second-order valence-corrected chi connectivity index (χ2v) is 2.43. The minimum Gasteiger partial charge on any atom is -0.241 e. The van der Waals surface area contributed by atoms with Gasteiger partial charge in [-0.05, 0) is 18.6 Å². The smallest absolute Gasteiger partial charge is 0.0690 e. The molecule has 62 valence electrons. The third-order valence-corrected chi connectivity index (χ3v) is 1.59. The van der Waals surface area contributed by atoms with Gasteiger partial charge in [-0.3, -0.25) is 0 Å². The van der Waals surface area contributed by atoms with E-state index in [-0.39, 0.29) is 0 Å². The summed E-state index contributed by atoms with van der Waals surface area (Å²) < 4.78 is 1.73. The van der Waals surface area contributed by atoms with Crippen LogP contribution in [0.5, 0.6) is 0 Å². The van der Waals surface area contributed by atoms with Gasteiger partial charge >= 0.3 is 0 Å². The molecular formula is C10H12N2. The highest BCUT2D eigenvalue weighted by Gasteiger charge is 1.99. The molecule has 0 aliphatic carbocycles. The van der Waals surface area contributed by atoms with E-state index in [1.54, 1.807) is 17.0 Å². The lowest BCUT2D eigenvalue weighted by atomic mass is 10.2. The van der Waals surface area contributed by atoms with Crippen LogP contribution in [0.25, 0.3) is 12.3 Å². The molecule has 0 fully saturated rings. The Balaban J connectivity index is 3.09. The molecule has 1 aromatic heterocycles. The van der Waals surface area contributed by atoms with Crippen LogP contribution >= 0.6 is 0 Å². The number of aryl methyl sites for hydroxylation is 1. The largest absolute Gasteiger partial charge is 0.241 e.